The molecule has 4 nitrogen and oxygen atoms in total. The van der Waals surface area contributed by atoms with E-state index in [1.165, 1.54) is 4.31 Å². The molecule has 0 radical (unpaired) electrons. The van der Waals surface area contributed by atoms with Gasteiger partial charge >= 0.3 is 0 Å². The molecular formula is C10H22N2O2S. The average Bonchev–Trinajstić information content (AvgIpc) is 2.54. The lowest BCUT2D eigenvalue weighted by Crippen LogP contribution is -2.39. The SMILES string of the molecule is CC(C)CN(C)S(=O)(=O)CC1CCCN1. The standard InChI is InChI=1S/C10H22N2O2S/c1-9(2)7-12(3)15(13,14)8-10-5-4-6-11-10/h9-11H,4-8H2,1-3H3. The third-order valence-electron chi connectivity index (χ3n) is 2.67. The highest BCUT2D eigenvalue weighted by atomic mass is 32.2. The van der Waals surface area contributed by atoms with Crippen molar-refractivity contribution in [2.45, 2.75) is 32.7 Å². The molecule has 0 spiro atoms. The lowest BCUT2D eigenvalue weighted by molar-refractivity contribution is 0.413. The third kappa shape index (κ3) is 4.09. The highest BCUT2D eigenvalue weighted by molar-refractivity contribution is 7.89. The van der Waals surface area contributed by atoms with Gasteiger partial charge in [0.2, 0.25) is 10.0 Å². The quantitative estimate of drug-likeness (QED) is 0.760. The number of rotatable bonds is 5. The van der Waals surface area contributed by atoms with E-state index in [-0.39, 0.29) is 11.8 Å². The molecular weight excluding hydrogens is 212 g/mol. The van der Waals surface area contributed by atoms with Crippen molar-refractivity contribution >= 4 is 10.0 Å². The minimum atomic E-state index is -3.07. The van der Waals surface area contributed by atoms with Crippen LogP contribution in [0.2, 0.25) is 0 Å². The molecule has 0 aromatic heterocycles. The van der Waals surface area contributed by atoms with Crippen LogP contribution in [0.1, 0.15) is 26.7 Å². The summed E-state index contributed by atoms with van der Waals surface area (Å²) in [5.74, 6) is 0.622. The Morgan fingerprint density at radius 2 is 2.13 bits per heavy atom. The fourth-order valence-corrected chi connectivity index (χ4v) is 3.48. The van der Waals surface area contributed by atoms with Gasteiger partial charge in [-0.05, 0) is 25.3 Å². The molecule has 1 atom stereocenters. The van der Waals surface area contributed by atoms with E-state index in [1.807, 2.05) is 13.8 Å². The molecule has 1 saturated heterocycles. The molecule has 1 rings (SSSR count). The van der Waals surface area contributed by atoms with Gasteiger partial charge in [-0.1, -0.05) is 13.8 Å². The van der Waals surface area contributed by atoms with Gasteiger partial charge in [0.15, 0.2) is 0 Å². The van der Waals surface area contributed by atoms with E-state index in [0.29, 0.717) is 12.5 Å². The summed E-state index contributed by atoms with van der Waals surface area (Å²) < 4.78 is 25.3. The van der Waals surface area contributed by atoms with Crippen molar-refractivity contribution in [3.63, 3.8) is 0 Å². The summed E-state index contributed by atoms with van der Waals surface area (Å²) in [7, 11) is -1.40. The summed E-state index contributed by atoms with van der Waals surface area (Å²) in [5, 5.41) is 3.22. The summed E-state index contributed by atoms with van der Waals surface area (Å²) in [6.07, 6.45) is 2.07. The lowest BCUT2D eigenvalue weighted by Gasteiger charge is -2.21. The molecule has 1 N–H and O–H groups in total. The van der Waals surface area contributed by atoms with Crippen LogP contribution in [0.15, 0.2) is 0 Å². The molecule has 0 saturated carbocycles. The minimum Gasteiger partial charge on any atom is -0.313 e. The van der Waals surface area contributed by atoms with Crippen molar-refractivity contribution in [3.8, 4) is 0 Å². The molecule has 0 bridgehead atoms. The van der Waals surface area contributed by atoms with Gasteiger partial charge in [-0.25, -0.2) is 12.7 Å². The van der Waals surface area contributed by atoms with Crippen LogP contribution in [0, 0.1) is 5.92 Å². The minimum absolute atomic E-state index is 0.157. The van der Waals surface area contributed by atoms with Gasteiger partial charge in [-0.3, -0.25) is 0 Å². The average molecular weight is 234 g/mol. The molecule has 90 valence electrons. The van der Waals surface area contributed by atoms with E-state index < -0.39 is 10.0 Å². The molecule has 0 aromatic carbocycles. The second-order valence-corrected chi connectivity index (χ2v) is 6.87. The van der Waals surface area contributed by atoms with Gasteiger partial charge in [0, 0.05) is 19.6 Å². The Bertz CT molecular complexity index is 282. The number of hydrogen-bond donors (Lipinski definition) is 1. The van der Waals surface area contributed by atoms with Crippen LogP contribution < -0.4 is 5.32 Å². The predicted molar refractivity (Wildman–Crippen MR) is 62.3 cm³/mol. The van der Waals surface area contributed by atoms with Crippen LogP contribution in [0.3, 0.4) is 0 Å². The summed E-state index contributed by atoms with van der Waals surface area (Å²) >= 11 is 0. The van der Waals surface area contributed by atoms with E-state index in [9.17, 15) is 8.42 Å². The zero-order valence-electron chi connectivity index (χ0n) is 9.86. The van der Waals surface area contributed by atoms with Crippen molar-refractivity contribution in [1.29, 1.82) is 0 Å². The van der Waals surface area contributed by atoms with E-state index in [0.717, 1.165) is 19.4 Å². The van der Waals surface area contributed by atoms with Crippen molar-refractivity contribution in [2.24, 2.45) is 5.92 Å². The van der Waals surface area contributed by atoms with Crippen LogP contribution >= 0.6 is 0 Å². The van der Waals surface area contributed by atoms with Gasteiger partial charge in [0.1, 0.15) is 0 Å². The molecule has 1 aliphatic heterocycles. The Kier molecular flexibility index (Phi) is 4.55. The Morgan fingerprint density at radius 1 is 1.47 bits per heavy atom. The van der Waals surface area contributed by atoms with Crippen molar-refractivity contribution < 1.29 is 8.42 Å². The monoisotopic (exact) mass is 234 g/mol. The lowest BCUT2D eigenvalue weighted by atomic mass is 10.2. The first-order valence-corrected chi connectivity index (χ1v) is 7.20. The maximum absolute atomic E-state index is 11.9. The first kappa shape index (κ1) is 12.9. The van der Waals surface area contributed by atoms with Gasteiger partial charge in [0.05, 0.1) is 5.75 Å². The number of hydrogen-bond acceptors (Lipinski definition) is 3. The predicted octanol–water partition coefficient (Wildman–Crippen LogP) is 0.656. The highest BCUT2D eigenvalue weighted by Gasteiger charge is 2.25. The van der Waals surface area contributed by atoms with Gasteiger partial charge in [-0.15, -0.1) is 0 Å². The molecule has 1 aliphatic rings. The maximum atomic E-state index is 11.9. The Balaban J connectivity index is 2.49. The molecule has 1 heterocycles. The first-order chi connectivity index (χ1) is 6.92. The number of nitrogens with one attached hydrogen (secondary N) is 1. The fraction of sp³-hybridized carbons (Fsp3) is 1.00. The van der Waals surface area contributed by atoms with E-state index >= 15 is 0 Å². The van der Waals surface area contributed by atoms with Crippen LogP contribution in [0.25, 0.3) is 0 Å². The normalized spacial score (nSPS) is 22.9. The molecule has 1 unspecified atom stereocenters. The van der Waals surface area contributed by atoms with Gasteiger partial charge < -0.3 is 5.32 Å². The van der Waals surface area contributed by atoms with E-state index in [2.05, 4.69) is 5.32 Å². The zero-order chi connectivity index (χ0) is 11.5. The number of sulfonamides is 1. The van der Waals surface area contributed by atoms with Crippen LogP contribution in [0.5, 0.6) is 0 Å². The van der Waals surface area contributed by atoms with Crippen LogP contribution in [-0.2, 0) is 10.0 Å². The molecule has 5 heteroatoms. The topological polar surface area (TPSA) is 49.4 Å². The summed E-state index contributed by atoms with van der Waals surface area (Å²) in [4.78, 5) is 0. The zero-order valence-corrected chi connectivity index (χ0v) is 10.7. The Hall–Kier alpha value is -0.130. The summed E-state index contributed by atoms with van der Waals surface area (Å²) in [5.41, 5.74) is 0. The van der Waals surface area contributed by atoms with Crippen LogP contribution in [0.4, 0.5) is 0 Å². The molecule has 0 aromatic rings. The second kappa shape index (κ2) is 5.27. The molecule has 1 fully saturated rings. The maximum Gasteiger partial charge on any atom is 0.215 e. The van der Waals surface area contributed by atoms with Gasteiger partial charge in [0.25, 0.3) is 0 Å². The molecule has 15 heavy (non-hydrogen) atoms. The second-order valence-electron chi connectivity index (χ2n) is 4.75. The first-order valence-electron chi connectivity index (χ1n) is 5.59. The molecule has 0 aliphatic carbocycles. The number of nitrogens with zero attached hydrogens (tertiary/aromatic N) is 1. The fourth-order valence-electron chi connectivity index (χ4n) is 1.91. The van der Waals surface area contributed by atoms with Crippen molar-refractivity contribution in [3.05, 3.63) is 0 Å². The van der Waals surface area contributed by atoms with E-state index in [1.54, 1.807) is 7.05 Å². The smallest absolute Gasteiger partial charge is 0.215 e. The van der Waals surface area contributed by atoms with Gasteiger partial charge in [-0.2, -0.15) is 0 Å². The summed E-state index contributed by atoms with van der Waals surface area (Å²) in [6.45, 7) is 5.61. The van der Waals surface area contributed by atoms with Crippen molar-refractivity contribution in [2.75, 3.05) is 25.9 Å². The van der Waals surface area contributed by atoms with Crippen molar-refractivity contribution in [1.82, 2.24) is 9.62 Å². The Labute approximate surface area is 93.1 Å². The molecule has 0 amide bonds. The van der Waals surface area contributed by atoms with Crippen LogP contribution in [-0.4, -0.2) is 44.7 Å². The highest BCUT2D eigenvalue weighted by Crippen LogP contribution is 2.11. The Morgan fingerprint density at radius 3 is 2.60 bits per heavy atom. The third-order valence-corrected chi connectivity index (χ3v) is 4.59. The largest absolute Gasteiger partial charge is 0.313 e. The van der Waals surface area contributed by atoms with E-state index in [4.69, 9.17) is 0 Å². The summed E-state index contributed by atoms with van der Waals surface area (Å²) in [6, 6.07) is 0.157.